The summed E-state index contributed by atoms with van der Waals surface area (Å²) in [4.78, 5) is 0. The van der Waals surface area contributed by atoms with Crippen LogP contribution in [0.4, 0.5) is 0 Å². The van der Waals surface area contributed by atoms with Gasteiger partial charge in [-0.25, -0.2) is 0 Å². The van der Waals surface area contributed by atoms with Crippen molar-refractivity contribution in [2.75, 3.05) is 13.7 Å². The fourth-order valence-corrected chi connectivity index (χ4v) is 3.17. The van der Waals surface area contributed by atoms with Crippen molar-refractivity contribution < 1.29 is 35.0 Å². The smallest absolute Gasteiger partial charge is 0.176 e. The number of ether oxygens (including phenoxy) is 2. The lowest BCUT2D eigenvalue weighted by Crippen LogP contribution is -2.67. The second-order valence-corrected chi connectivity index (χ2v) is 6.16. The summed E-state index contributed by atoms with van der Waals surface area (Å²) in [5.41, 5.74) is 11.7. The van der Waals surface area contributed by atoms with Crippen LogP contribution in [0.25, 0.3) is 0 Å². The third-order valence-corrected chi connectivity index (χ3v) is 4.61. The molecule has 1 saturated carbocycles. The molecule has 0 unspecified atom stereocenters. The van der Waals surface area contributed by atoms with Crippen LogP contribution in [0.2, 0.25) is 0 Å². The van der Waals surface area contributed by atoms with Gasteiger partial charge < -0.3 is 51.8 Å². The van der Waals surface area contributed by atoms with Crippen molar-refractivity contribution in [1.29, 1.82) is 0 Å². The Kier molecular flexibility index (Phi) is 6.30. The summed E-state index contributed by atoms with van der Waals surface area (Å²) in [5.74, 6) is 0. The maximum atomic E-state index is 10.3. The minimum absolute atomic E-state index is 0.198. The normalized spacial score (nSPS) is 51.7. The minimum atomic E-state index is -1.35. The van der Waals surface area contributed by atoms with E-state index in [0.717, 1.165) is 0 Å². The summed E-state index contributed by atoms with van der Waals surface area (Å²) in [7, 11) is 1.59. The molecule has 136 valence electrons. The van der Waals surface area contributed by atoms with Gasteiger partial charge in [0.05, 0.1) is 30.9 Å². The molecule has 0 aromatic rings. The quantitative estimate of drug-likeness (QED) is 0.247. The molecule has 0 aromatic heterocycles. The number of hydrogen-bond acceptors (Lipinski definition) is 10. The predicted octanol–water partition coefficient (Wildman–Crippen LogP) is -4.82. The summed E-state index contributed by atoms with van der Waals surface area (Å²) >= 11 is 0. The molecule has 1 saturated heterocycles. The van der Waals surface area contributed by atoms with Gasteiger partial charge in [-0.05, 0) is 13.5 Å². The molecule has 0 amide bonds. The standard InChI is InChI=1S/C13H27N3O7/c1-16-8-5(18)2-4(14)12(11(8)21)23-13-7(15)10(20)9(19)6(3-17)22-13/h4-13,16-21H,2-3,14-15H2,1H3/t4-,5+,6+,7+,8-,9-,10+,11+,12+,13-/m1/s1. The van der Waals surface area contributed by atoms with E-state index in [9.17, 15) is 25.5 Å². The lowest BCUT2D eigenvalue weighted by molar-refractivity contribution is -0.292. The maximum Gasteiger partial charge on any atom is 0.176 e. The third-order valence-electron chi connectivity index (χ3n) is 4.61. The molecule has 1 heterocycles. The van der Waals surface area contributed by atoms with Gasteiger partial charge in [0.15, 0.2) is 6.29 Å². The van der Waals surface area contributed by atoms with Crippen molar-refractivity contribution in [1.82, 2.24) is 5.32 Å². The van der Waals surface area contributed by atoms with E-state index in [-0.39, 0.29) is 6.42 Å². The van der Waals surface area contributed by atoms with Crippen molar-refractivity contribution in [3.05, 3.63) is 0 Å². The monoisotopic (exact) mass is 337 g/mol. The van der Waals surface area contributed by atoms with E-state index >= 15 is 0 Å². The van der Waals surface area contributed by atoms with Crippen LogP contribution in [0.5, 0.6) is 0 Å². The summed E-state index contributed by atoms with van der Waals surface area (Å²) in [6.07, 6.45) is -7.56. The average molecular weight is 337 g/mol. The molecule has 0 aromatic carbocycles. The highest BCUT2D eigenvalue weighted by molar-refractivity contribution is 5.00. The lowest BCUT2D eigenvalue weighted by Gasteiger charge is -2.46. The molecule has 10 N–H and O–H groups in total. The number of likely N-dealkylation sites (N-methyl/N-ethyl adjacent to an activating group) is 1. The van der Waals surface area contributed by atoms with E-state index < -0.39 is 67.6 Å². The van der Waals surface area contributed by atoms with Crippen LogP contribution in [0.3, 0.4) is 0 Å². The summed E-state index contributed by atoms with van der Waals surface area (Å²) < 4.78 is 11.0. The number of aliphatic hydroxyl groups excluding tert-OH is 5. The molecule has 1 aliphatic carbocycles. The number of nitrogens with one attached hydrogen (secondary N) is 1. The Hall–Kier alpha value is -0.400. The Morgan fingerprint density at radius 3 is 2.35 bits per heavy atom. The third kappa shape index (κ3) is 3.66. The zero-order valence-electron chi connectivity index (χ0n) is 12.9. The highest BCUT2D eigenvalue weighted by Gasteiger charge is 2.48. The SMILES string of the molecule is CN[C@H]1[C@H](O)[C@@H](O[C@H]2O[C@@H](CO)[C@@H](O)[C@@H](O)[C@@H]2N)[C@H](N)C[C@@H]1O. The molecule has 23 heavy (non-hydrogen) atoms. The van der Waals surface area contributed by atoms with Crippen LogP contribution < -0.4 is 16.8 Å². The first kappa shape index (κ1) is 18.9. The number of nitrogens with two attached hydrogens (primary N) is 2. The second kappa shape index (κ2) is 7.66. The molecule has 2 aliphatic rings. The van der Waals surface area contributed by atoms with Crippen LogP contribution >= 0.6 is 0 Å². The Labute approximate surface area is 134 Å². The maximum absolute atomic E-state index is 10.3. The van der Waals surface area contributed by atoms with Gasteiger partial charge in [-0.1, -0.05) is 0 Å². The molecule has 10 atom stereocenters. The van der Waals surface area contributed by atoms with E-state index in [1.54, 1.807) is 7.05 Å². The van der Waals surface area contributed by atoms with E-state index in [4.69, 9.17) is 20.9 Å². The summed E-state index contributed by atoms with van der Waals surface area (Å²) in [5, 5.41) is 52.0. The lowest BCUT2D eigenvalue weighted by atomic mass is 9.84. The van der Waals surface area contributed by atoms with Crippen molar-refractivity contribution in [3.8, 4) is 0 Å². The largest absolute Gasteiger partial charge is 0.394 e. The number of aliphatic hydroxyl groups is 5. The summed E-state index contributed by atoms with van der Waals surface area (Å²) in [6.45, 7) is -0.526. The van der Waals surface area contributed by atoms with Gasteiger partial charge in [-0.3, -0.25) is 0 Å². The van der Waals surface area contributed by atoms with E-state index in [1.807, 2.05) is 0 Å². The number of rotatable bonds is 4. The molecule has 0 spiro atoms. The fourth-order valence-electron chi connectivity index (χ4n) is 3.17. The van der Waals surface area contributed by atoms with Crippen LogP contribution in [-0.4, -0.2) is 100 Å². The van der Waals surface area contributed by atoms with E-state index in [2.05, 4.69) is 5.32 Å². The van der Waals surface area contributed by atoms with Gasteiger partial charge in [0.2, 0.25) is 0 Å². The van der Waals surface area contributed by atoms with Crippen LogP contribution in [0.15, 0.2) is 0 Å². The molecule has 0 radical (unpaired) electrons. The van der Waals surface area contributed by atoms with Crippen molar-refractivity contribution >= 4 is 0 Å². The molecule has 10 heteroatoms. The van der Waals surface area contributed by atoms with Crippen LogP contribution in [0, 0.1) is 0 Å². The fraction of sp³-hybridized carbons (Fsp3) is 1.00. The van der Waals surface area contributed by atoms with Gasteiger partial charge in [-0.2, -0.15) is 0 Å². The van der Waals surface area contributed by atoms with Crippen LogP contribution in [0.1, 0.15) is 6.42 Å². The molecular formula is C13H27N3O7. The minimum Gasteiger partial charge on any atom is -0.394 e. The van der Waals surface area contributed by atoms with E-state index in [1.165, 1.54) is 0 Å². The zero-order valence-corrected chi connectivity index (χ0v) is 12.9. The zero-order chi connectivity index (χ0) is 17.3. The first-order valence-corrected chi connectivity index (χ1v) is 7.64. The molecule has 2 rings (SSSR count). The Morgan fingerprint density at radius 1 is 1.13 bits per heavy atom. The van der Waals surface area contributed by atoms with Crippen molar-refractivity contribution in [3.63, 3.8) is 0 Å². The molecule has 2 fully saturated rings. The first-order chi connectivity index (χ1) is 10.8. The van der Waals surface area contributed by atoms with Gasteiger partial charge in [0.25, 0.3) is 0 Å². The molecule has 1 aliphatic heterocycles. The summed E-state index contributed by atoms with van der Waals surface area (Å²) in [6, 6.07) is -2.38. The first-order valence-electron chi connectivity index (χ1n) is 7.64. The second-order valence-electron chi connectivity index (χ2n) is 6.16. The molecule has 10 nitrogen and oxygen atoms in total. The van der Waals surface area contributed by atoms with Crippen molar-refractivity contribution in [2.45, 2.75) is 67.5 Å². The molecular weight excluding hydrogens is 310 g/mol. The Balaban J connectivity index is 2.10. The van der Waals surface area contributed by atoms with Crippen molar-refractivity contribution in [2.24, 2.45) is 11.5 Å². The van der Waals surface area contributed by atoms with Gasteiger partial charge in [-0.15, -0.1) is 0 Å². The van der Waals surface area contributed by atoms with Gasteiger partial charge >= 0.3 is 0 Å². The van der Waals surface area contributed by atoms with Crippen LogP contribution in [-0.2, 0) is 9.47 Å². The topological polar surface area (TPSA) is 184 Å². The Morgan fingerprint density at radius 2 is 1.78 bits per heavy atom. The van der Waals surface area contributed by atoms with E-state index in [0.29, 0.717) is 0 Å². The van der Waals surface area contributed by atoms with Gasteiger partial charge in [0.1, 0.15) is 24.4 Å². The highest BCUT2D eigenvalue weighted by Crippen LogP contribution is 2.27. The molecule has 0 bridgehead atoms. The highest BCUT2D eigenvalue weighted by atomic mass is 16.7. The number of hydrogen-bond donors (Lipinski definition) is 8. The Bertz CT molecular complexity index is 389. The van der Waals surface area contributed by atoms with Gasteiger partial charge in [0, 0.05) is 6.04 Å². The predicted molar refractivity (Wildman–Crippen MR) is 78.1 cm³/mol. The average Bonchev–Trinajstić information content (AvgIpc) is 2.51.